The number of benzene rings is 1. The molecule has 8 heteroatoms. The summed E-state index contributed by atoms with van der Waals surface area (Å²) in [4.78, 5) is 27.8. The third kappa shape index (κ3) is 2.88. The van der Waals surface area contributed by atoms with Gasteiger partial charge in [-0.25, -0.2) is 0 Å². The molecule has 2 amide bonds. The lowest BCUT2D eigenvalue weighted by atomic mass is 9.77. The van der Waals surface area contributed by atoms with Crippen LogP contribution in [0.15, 0.2) is 36.4 Å². The van der Waals surface area contributed by atoms with Crippen LogP contribution < -0.4 is 15.0 Å². The van der Waals surface area contributed by atoms with Crippen LogP contribution in [0.5, 0.6) is 5.75 Å². The Hall–Kier alpha value is -2.42. The van der Waals surface area contributed by atoms with Crippen molar-refractivity contribution < 1.29 is 28.5 Å². The molecule has 4 atom stereocenters. The third-order valence-corrected chi connectivity index (χ3v) is 5.76. The average molecular weight is 388 g/mol. The van der Waals surface area contributed by atoms with E-state index >= 15 is 0 Å². The van der Waals surface area contributed by atoms with Crippen molar-refractivity contribution in [3.63, 3.8) is 0 Å². The second-order valence-electron chi connectivity index (χ2n) is 7.17. The number of anilines is 1. The summed E-state index contributed by atoms with van der Waals surface area (Å²) in [5.41, 5.74) is -0.000915. The smallest absolute Gasteiger partial charge is 0.234 e. The van der Waals surface area contributed by atoms with Crippen LogP contribution in [0.1, 0.15) is 0 Å². The van der Waals surface area contributed by atoms with Crippen LogP contribution in [0, 0.1) is 11.8 Å². The molecule has 28 heavy (non-hydrogen) atoms. The van der Waals surface area contributed by atoms with Gasteiger partial charge in [0.25, 0.3) is 0 Å². The molecule has 3 aliphatic heterocycles. The highest BCUT2D eigenvalue weighted by Crippen LogP contribution is 2.52. The van der Waals surface area contributed by atoms with Gasteiger partial charge in [0, 0.05) is 19.9 Å². The first-order chi connectivity index (χ1) is 13.5. The predicted octanol–water partition coefficient (Wildman–Crippen LogP) is 0.717. The number of hydrogen-bond donors (Lipinski definition) is 1. The van der Waals surface area contributed by atoms with Gasteiger partial charge in [-0.05, 0) is 24.3 Å². The topological polar surface area (TPSA) is 86.3 Å². The van der Waals surface area contributed by atoms with Crippen molar-refractivity contribution >= 4 is 17.5 Å². The Labute approximate surface area is 163 Å². The normalized spacial score (nSPS) is 30.2. The SMILES string of the molecule is COc1ccc(N2C[C@@]34C=C[C@@H](O3)[C@H](C(=O)NCC(OC)OC)[C@@H]4C2=O)cc1. The van der Waals surface area contributed by atoms with E-state index in [1.165, 1.54) is 14.2 Å². The Morgan fingerprint density at radius 2 is 2.00 bits per heavy atom. The molecule has 2 saturated heterocycles. The van der Waals surface area contributed by atoms with Crippen LogP contribution in [0.4, 0.5) is 5.69 Å². The molecule has 0 aromatic heterocycles. The molecule has 1 spiro atoms. The van der Waals surface area contributed by atoms with E-state index in [0.717, 1.165) is 5.69 Å². The van der Waals surface area contributed by atoms with E-state index in [9.17, 15) is 9.59 Å². The number of amides is 2. The molecular formula is C20H24N2O6. The van der Waals surface area contributed by atoms with Crippen LogP contribution >= 0.6 is 0 Å². The highest BCUT2D eigenvalue weighted by atomic mass is 16.7. The van der Waals surface area contributed by atoms with Crippen molar-refractivity contribution in [2.75, 3.05) is 39.3 Å². The summed E-state index contributed by atoms with van der Waals surface area (Å²) in [5, 5.41) is 2.82. The fourth-order valence-electron chi connectivity index (χ4n) is 4.34. The Balaban J connectivity index is 1.54. The molecule has 0 saturated carbocycles. The molecule has 3 aliphatic rings. The summed E-state index contributed by atoms with van der Waals surface area (Å²) < 4.78 is 21.5. The third-order valence-electron chi connectivity index (χ3n) is 5.76. The van der Waals surface area contributed by atoms with Crippen LogP contribution in [0.25, 0.3) is 0 Å². The zero-order valence-electron chi connectivity index (χ0n) is 16.1. The highest BCUT2D eigenvalue weighted by molar-refractivity contribution is 6.03. The maximum absolute atomic E-state index is 13.2. The van der Waals surface area contributed by atoms with Gasteiger partial charge in [0.15, 0.2) is 6.29 Å². The second kappa shape index (κ2) is 7.20. The minimum absolute atomic E-state index is 0.104. The van der Waals surface area contributed by atoms with Gasteiger partial charge in [-0.3, -0.25) is 9.59 Å². The van der Waals surface area contributed by atoms with E-state index < -0.39 is 29.8 Å². The van der Waals surface area contributed by atoms with Crippen molar-refractivity contribution in [3.8, 4) is 5.75 Å². The molecule has 1 aromatic carbocycles. The molecule has 1 aromatic rings. The molecule has 150 valence electrons. The summed E-state index contributed by atoms with van der Waals surface area (Å²) in [6.07, 6.45) is 2.88. The van der Waals surface area contributed by atoms with E-state index in [2.05, 4.69) is 5.32 Å². The summed E-state index contributed by atoms with van der Waals surface area (Å²) in [5.74, 6) is -0.741. The first-order valence-corrected chi connectivity index (χ1v) is 9.19. The average Bonchev–Trinajstić information content (AvgIpc) is 3.37. The monoisotopic (exact) mass is 388 g/mol. The number of nitrogens with zero attached hydrogens (tertiary/aromatic N) is 1. The Kier molecular flexibility index (Phi) is 4.86. The lowest BCUT2D eigenvalue weighted by Gasteiger charge is -2.24. The molecular weight excluding hydrogens is 364 g/mol. The predicted molar refractivity (Wildman–Crippen MR) is 99.9 cm³/mol. The summed E-state index contributed by atoms with van der Waals surface area (Å²) in [7, 11) is 4.61. The minimum atomic E-state index is -0.758. The number of carbonyl (C=O) groups excluding carboxylic acids is 2. The van der Waals surface area contributed by atoms with Gasteiger partial charge in [0.1, 0.15) is 11.4 Å². The Morgan fingerprint density at radius 3 is 2.64 bits per heavy atom. The quantitative estimate of drug-likeness (QED) is 0.547. The number of fused-ring (bicyclic) bond motifs is 1. The maximum atomic E-state index is 13.2. The first kappa shape index (κ1) is 18.9. The molecule has 2 fully saturated rings. The fourth-order valence-corrected chi connectivity index (χ4v) is 4.34. The largest absolute Gasteiger partial charge is 0.497 e. The number of ether oxygens (including phenoxy) is 4. The number of nitrogens with one attached hydrogen (secondary N) is 1. The number of carbonyl (C=O) groups is 2. The second-order valence-corrected chi connectivity index (χ2v) is 7.17. The molecule has 0 radical (unpaired) electrons. The van der Waals surface area contributed by atoms with Crippen molar-refractivity contribution in [3.05, 3.63) is 36.4 Å². The van der Waals surface area contributed by atoms with Crippen molar-refractivity contribution in [1.82, 2.24) is 5.32 Å². The van der Waals surface area contributed by atoms with E-state index in [4.69, 9.17) is 18.9 Å². The molecule has 0 aliphatic carbocycles. The Morgan fingerprint density at radius 1 is 1.29 bits per heavy atom. The number of hydrogen-bond acceptors (Lipinski definition) is 6. The summed E-state index contributed by atoms with van der Waals surface area (Å²) in [6.45, 7) is 0.591. The van der Waals surface area contributed by atoms with Gasteiger partial charge >= 0.3 is 0 Å². The Bertz CT molecular complexity index is 790. The standard InChI is InChI=1S/C20H24N2O6/c1-25-13-6-4-12(5-7-13)22-11-20-9-8-14(28-20)16(17(20)19(22)24)18(23)21-10-15(26-2)27-3/h4-9,14-17H,10-11H2,1-3H3,(H,21,23)/t14-,16+,17-,20-/m1/s1. The minimum Gasteiger partial charge on any atom is -0.497 e. The van der Waals surface area contributed by atoms with E-state index in [0.29, 0.717) is 12.3 Å². The van der Waals surface area contributed by atoms with Crippen LogP contribution in [0.2, 0.25) is 0 Å². The van der Waals surface area contributed by atoms with Gasteiger partial charge in [-0.2, -0.15) is 0 Å². The molecule has 0 unspecified atom stereocenters. The molecule has 3 heterocycles. The van der Waals surface area contributed by atoms with Crippen molar-refractivity contribution in [2.24, 2.45) is 11.8 Å². The zero-order chi connectivity index (χ0) is 19.9. The van der Waals surface area contributed by atoms with Gasteiger partial charge in [-0.1, -0.05) is 12.2 Å². The van der Waals surface area contributed by atoms with Gasteiger partial charge < -0.3 is 29.2 Å². The molecule has 4 rings (SSSR count). The first-order valence-electron chi connectivity index (χ1n) is 9.19. The van der Waals surface area contributed by atoms with Crippen molar-refractivity contribution in [2.45, 2.75) is 18.0 Å². The number of rotatable bonds is 7. The molecule has 2 bridgehead atoms. The van der Waals surface area contributed by atoms with Gasteiger partial charge in [0.2, 0.25) is 11.8 Å². The number of methoxy groups -OCH3 is 3. The van der Waals surface area contributed by atoms with Crippen LogP contribution in [-0.2, 0) is 23.8 Å². The maximum Gasteiger partial charge on any atom is 0.234 e. The molecule has 1 N–H and O–H groups in total. The lowest BCUT2D eigenvalue weighted by molar-refractivity contribution is -0.135. The summed E-state index contributed by atoms with van der Waals surface area (Å²) in [6, 6.07) is 7.29. The highest BCUT2D eigenvalue weighted by Gasteiger charge is 2.67. The van der Waals surface area contributed by atoms with Crippen molar-refractivity contribution in [1.29, 1.82) is 0 Å². The zero-order valence-corrected chi connectivity index (χ0v) is 16.1. The van der Waals surface area contributed by atoms with Crippen LogP contribution in [0.3, 0.4) is 0 Å². The van der Waals surface area contributed by atoms with Crippen LogP contribution in [-0.4, -0.2) is 64.2 Å². The fraction of sp³-hybridized carbons (Fsp3) is 0.500. The van der Waals surface area contributed by atoms with E-state index in [1.54, 1.807) is 12.0 Å². The van der Waals surface area contributed by atoms with E-state index in [-0.39, 0.29) is 18.4 Å². The summed E-state index contributed by atoms with van der Waals surface area (Å²) >= 11 is 0. The van der Waals surface area contributed by atoms with Gasteiger partial charge in [0.05, 0.1) is 38.1 Å². The van der Waals surface area contributed by atoms with E-state index in [1.807, 2.05) is 36.4 Å². The van der Waals surface area contributed by atoms with Gasteiger partial charge in [-0.15, -0.1) is 0 Å². The molecule has 8 nitrogen and oxygen atoms in total. The lowest BCUT2D eigenvalue weighted by Crippen LogP contribution is -2.46.